The second-order valence-electron chi connectivity index (χ2n) is 3.89. The van der Waals surface area contributed by atoms with Gasteiger partial charge in [-0.15, -0.1) is 0 Å². The first-order valence-corrected chi connectivity index (χ1v) is 5.22. The summed E-state index contributed by atoms with van der Waals surface area (Å²) < 4.78 is 73.0. The van der Waals surface area contributed by atoms with E-state index in [0.29, 0.717) is 0 Å². The first-order chi connectivity index (χ1) is 8.60. The lowest BCUT2D eigenvalue weighted by molar-refractivity contribution is -0.201. The van der Waals surface area contributed by atoms with Gasteiger partial charge in [0.1, 0.15) is 0 Å². The van der Waals surface area contributed by atoms with Crippen molar-refractivity contribution in [1.29, 1.82) is 0 Å². The zero-order valence-electron chi connectivity index (χ0n) is 9.52. The third-order valence-electron chi connectivity index (χ3n) is 2.30. The van der Waals surface area contributed by atoms with Gasteiger partial charge in [-0.25, -0.2) is 0 Å². The van der Waals surface area contributed by atoms with E-state index in [9.17, 15) is 26.3 Å². The third kappa shape index (κ3) is 5.07. The molecule has 0 saturated carbocycles. The monoisotopic (exact) mass is 287 g/mol. The van der Waals surface area contributed by atoms with Gasteiger partial charge in [-0.1, -0.05) is 18.2 Å². The van der Waals surface area contributed by atoms with Crippen LogP contribution >= 0.6 is 0 Å². The Balaban J connectivity index is 2.55. The molecule has 0 aromatic heterocycles. The third-order valence-corrected chi connectivity index (χ3v) is 2.30. The van der Waals surface area contributed by atoms with E-state index in [2.05, 4.69) is 5.32 Å². The van der Waals surface area contributed by atoms with Crippen LogP contribution in [0.5, 0.6) is 0 Å². The summed E-state index contributed by atoms with van der Waals surface area (Å²) in [5, 5.41) is 10.9. The van der Waals surface area contributed by atoms with E-state index in [0.717, 1.165) is 12.1 Å². The molecule has 0 fully saturated rings. The molecule has 0 heterocycles. The molecular weight excluding hydrogens is 276 g/mol. The van der Waals surface area contributed by atoms with Gasteiger partial charge in [0.25, 0.3) is 0 Å². The maximum absolute atomic E-state index is 12.4. The lowest BCUT2D eigenvalue weighted by Crippen LogP contribution is -2.38. The van der Waals surface area contributed by atoms with Gasteiger partial charge < -0.3 is 10.4 Å². The minimum atomic E-state index is -4.75. The summed E-state index contributed by atoms with van der Waals surface area (Å²) in [6.45, 7) is -0.975. The van der Waals surface area contributed by atoms with Gasteiger partial charge in [0, 0.05) is 13.1 Å². The van der Waals surface area contributed by atoms with Crippen molar-refractivity contribution < 1.29 is 31.4 Å². The zero-order chi connectivity index (χ0) is 14.7. The summed E-state index contributed by atoms with van der Waals surface area (Å²) in [7, 11) is 0. The van der Waals surface area contributed by atoms with E-state index in [4.69, 9.17) is 5.11 Å². The summed E-state index contributed by atoms with van der Waals surface area (Å²) >= 11 is 0. The van der Waals surface area contributed by atoms with Crippen molar-refractivity contribution in [3.8, 4) is 0 Å². The van der Waals surface area contributed by atoms with Crippen LogP contribution in [0.4, 0.5) is 26.3 Å². The van der Waals surface area contributed by atoms with Crippen LogP contribution < -0.4 is 5.32 Å². The first-order valence-electron chi connectivity index (χ1n) is 5.22. The summed E-state index contributed by atoms with van der Waals surface area (Å²) in [4.78, 5) is 0. The molecule has 1 aromatic carbocycles. The van der Waals surface area contributed by atoms with Crippen LogP contribution in [0.1, 0.15) is 11.1 Å². The van der Waals surface area contributed by atoms with E-state index in [1.165, 1.54) is 12.1 Å². The number of nitrogens with one attached hydrogen (secondary N) is 1. The molecule has 0 saturated heterocycles. The van der Waals surface area contributed by atoms with Crippen molar-refractivity contribution in [1.82, 2.24) is 5.32 Å². The van der Waals surface area contributed by atoms with Crippen molar-refractivity contribution in [2.24, 2.45) is 0 Å². The fourth-order valence-electron chi connectivity index (χ4n) is 1.33. The normalized spacial score (nSPS) is 14.5. The number of rotatable bonds is 4. The molecule has 0 spiro atoms. The van der Waals surface area contributed by atoms with Crippen LogP contribution in [0.3, 0.4) is 0 Å². The van der Waals surface area contributed by atoms with Crippen molar-refractivity contribution in [2.75, 3.05) is 6.54 Å². The van der Waals surface area contributed by atoms with Crippen molar-refractivity contribution in [2.45, 2.75) is 25.0 Å². The zero-order valence-corrected chi connectivity index (χ0v) is 9.52. The smallest absolute Gasteiger partial charge is 0.382 e. The van der Waals surface area contributed by atoms with Gasteiger partial charge in [-0.3, -0.25) is 0 Å². The number of hydrogen-bond donors (Lipinski definition) is 2. The molecule has 1 rings (SSSR count). The standard InChI is InChI=1S/C11H11F6NO/c12-10(13,14)8-3-1-2-7(4-8)5-18-6-9(19)11(15,16)17/h1-4,9,18-19H,5-6H2/t9-/m0/s1. The number of aliphatic hydroxyl groups excluding tert-OH is 1. The lowest BCUT2D eigenvalue weighted by Gasteiger charge is -2.15. The van der Waals surface area contributed by atoms with Gasteiger partial charge >= 0.3 is 12.4 Å². The molecule has 0 bridgehead atoms. The molecule has 0 unspecified atom stereocenters. The average molecular weight is 287 g/mol. The number of aliphatic hydroxyl groups is 1. The highest BCUT2D eigenvalue weighted by Crippen LogP contribution is 2.29. The molecule has 19 heavy (non-hydrogen) atoms. The van der Waals surface area contributed by atoms with Gasteiger partial charge in [0.05, 0.1) is 5.56 Å². The molecule has 0 aliphatic rings. The van der Waals surface area contributed by atoms with Crippen molar-refractivity contribution in [3.05, 3.63) is 35.4 Å². The number of halogens is 6. The summed E-state index contributed by atoms with van der Waals surface area (Å²) in [5.41, 5.74) is -0.688. The molecule has 1 aromatic rings. The molecule has 0 radical (unpaired) electrons. The summed E-state index contributed by atoms with van der Waals surface area (Å²) in [6, 6.07) is 4.23. The second-order valence-corrected chi connectivity index (χ2v) is 3.89. The maximum Gasteiger partial charge on any atom is 0.416 e. The van der Waals surface area contributed by atoms with Gasteiger partial charge in [-0.05, 0) is 11.6 Å². The largest absolute Gasteiger partial charge is 0.416 e. The number of alkyl halides is 6. The molecule has 2 nitrogen and oxygen atoms in total. The number of hydrogen-bond acceptors (Lipinski definition) is 2. The van der Waals surface area contributed by atoms with Crippen molar-refractivity contribution in [3.63, 3.8) is 0 Å². The predicted molar refractivity (Wildman–Crippen MR) is 55.2 cm³/mol. The van der Waals surface area contributed by atoms with Gasteiger partial charge in [0.15, 0.2) is 6.10 Å². The van der Waals surface area contributed by atoms with Crippen LogP contribution in [0.25, 0.3) is 0 Å². The molecule has 1 atom stereocenters. The van der Waals surface area contributed by atoms with Crippen LogP contribution in [0.15, 0.2) is 24.3 Å². The van der Waals surface area contributed by atoms with Gasteiger partial charge in [0.2, 0.25) is 0 Å². The van der Waals surface area contributed by atoms with E-state index < -0.39 is 30.6 Å². The Morgan fingerprint density at radius 2 is 1.74 bits per heavy atom. The van der Waals surface area contributed by atoms with Crippen LogP contribution in [-0.4, -0.2) is 23.9 Å². The fraction of sp³-hybridized carbons (Fsp3) is 0.455. The Bertz CT molecular complexity index is 414. The quantitative estimate of drug-likeness (QED) is 0.835. The highest BCUT2D eigenvalue weighted by molar-refractivity contribution is 5.25. The fourth-order valence-corrected chi connectivity index (χ4v) is 1.33. The SMILES string of the molecule is O[C@@H](CNCc1cccc(C(F)(F)F)c1)C(F)(F)F. The molecule has 0 aliphatic heterocycles. The van der Waals surface area contributed by atoms with E-state index in [1.807, 2.05) is 0 Å². The molecule has 0 aliphatic carbocycles. The maximum atomic E-state index is 12.4. The Hall–Kier alpha value is -1.28. The summed E-state index contributed by atoms with van der Waals surface area (Å²) in [6.07, 6.45) is -11.8. The summed E-state index contributed by atoms with van der Waals surface area (Å²) in [5.74, 6) is 0. The molecular formula is C11H11F6NO. The van der Waals surface area contributed by atoms with Gasteiger partial charge in [-0.2, -0.15) is 26.3 Å². The van der Waals surface area contributed by atoms with E-state index in [-0.39, 0.29) is 12.1 Å². The predicted octanol–water partition coefficient (Wildman–Crippen LogP) is 2.72. The molecule has 0 amide bonds. The Kier molecular flexibility index (Phi) is 4.81. The molecule has 108 valence electrons. The van der Waals surface area contributed by atoms with Crippen LogP contribution in [0.2, 0.25) is 0 Å². The van der Waals surface area contributed by atoms with E-state index >= 15 is 0 Å². The Morgan fingerprint density at radius 1 is 1.11 bits per heavy atom. The van der Waals surface area contributed by atoms with Crippen LogP contribution in [-0.2, 0) is 12.7 Å². The lowest BCUT2D eigenvalue weighted by atomic mass is 10.1. The first kappa shape index (κ1) is 15.8. The second kappa shape index (κ2) is 5.79. The van der Waals surface area contributed by atoms with E-state index in [1.54, 1.807) is 0 Å². The van der Waals surface area contributed by atoms with Crippen LogP contribution in [0, 0.1) is 0 Å². The highest BCUT2D eigenvalue weighted by Gasteiger charge is 2.37. The Labute approximate surface area is 105 Å². The average Bonchev–Trinajstić information content (AvgIpc) is 2.27. The molecule has 2 N–H and O–H groups in total. The highest BCUT2D eigenvalue weighted by atomic mass is 19.4. The van der Waals surface area contributed by atoms with Crippen molar-refractivity contribution >= 4 is 0 Å². The minimum Gasteiger partial charge on any atom is -0.382 e. The number of benzene rings is 1. The Morgan fingerprint density at radius 3 is 2.26 bits per heavy atom. The minimum absolute atomic E-state index is 0.184. The molecule has 8 heteroatoms. The topological polar surface area (TPSA) is 32.3 Å².